The molecular weight excluding hydrogens is 532 g/mol. The number of rotatable bonds is 6. The molecule has 0 bridgehead atoms. The van der Waals surface area contributed by atoms with Gasteiger partial charge in [-0.1, -0.05) is 96.6 Å². The third-order valence-corrected chi connectivity index (χ3v) is 10.7. The lowest BCUT2D eigenvalue weighted by Gasteiger charge is -2.33. The van der Waals surface area contributed by atoms with E-state index in [0.29, 0.717) is 23.9 Å². The van der Waals surface area contributed by atoms with Crippen LogP contribution in [-0.4, -0.2) is 12.1 Å². The molecule has 4 unspecified atom stereocenters. The van der Waals surface area contributed by atoms with Gasteiger partial charge in [-0.25, -0.2) is 0 Å². The predicted molar refractivity (Wildman–Crippen MR) is 185 cm³/mol. The average molecular weight is 577 g/mol. The smallest absolute Gasteiger partial charge is 0.0555 e. The van der Waals surface area contributed by atoms with E-state index in [1.807, 2.05) is 0 Å². The van der Waals surface area contributed by atoms with Gasteiger partial charge in [-0.05, 0) is 122 Å². The Morgan fingerprint density at radius 3 is 2.09 bits per heavy atom. The van der Waals surface area contributed by atoms with Crippen molar-refractivity contribution in [3.8, 4) is 22.3 Å². The highest BCUT2D eigenvalue weighted by Gasteiger charge is 2.43. The van der Waals surface area contributed by atoms with Crippen molar-refractivity contribution < 1.29 is 0 Å². The number of nitrogens with zero attached hydrogens (tertiary/aromatic N) is 1. The molecular formula is C42H44N2. The summed E-state index contributed by atoms with van der Waals surface area (Å²) in [6.45, 7) is 0. The van der Waals surface area contributed by atoms with Crippen molar-refractivity contribution in [1.82, 2.24) is 5.32 Å². The maximum atomic E-state index is 3.97. The van der Waals surface area contributed by atoms with Crippen molar-refractivity contribution in [2.24, 2.45) is 11.8 Å². The van der Waals surface area contributed by atoms with E-state index >= 15 is 0 Å². The van der Waals surface area contributed by atoms with Crippen LogP contribution in [0, 0.1) is 11.8 Å². The van der Waals surface area contributed by atoms with Crippen LogP contribution in [0.2, 0.25) is 0 Å². The van der Waals surface area contributed by atoms with Crippen LogP contribution in [0.1, 0.15) is 64.2 Å². The fourth-order valence-electron chi connectivity index (χ4n) is 8.39. The third-order valence-electron chi connectivity index (χ3n) is 10.7. The standard InChI is InChI=1S/C42H44N2/c1-3-9-30(10-4-1)32-15-17-33(18-16-32)35-21-26-38(27-22-35)44-41-14-8-7-13-39(41)40-28-25-37(29-42(40)44)43-36-23-19-34(20-24-36)31-11-5-2-6-12-31/h1,3-5,9-11,13,15-19,21-23,26-27,29,31,37,40-41,43H,2,6-8,12,14,20,24-25,28H2. The van der Waals surface area contributed by atoms with Gasteiger partial charge in [0.1, 0.15) is 0 Å². The van der Waals surface area contributed by atoms with E-state index in [9.17, 15) is 0 Å². The number of fused-ring (bicyclic) bond motifs is 3. The Bertz CT molecular complexity index is 1630. The highest BCUT2D eigenvalue weighted by atomic mass is 15.2. The molecule has 1 N–H and O–H groups in total. The lowest BCUT2D eigenvalue weighted by molar-refractivity contribution is 0.491. The molecule has 3 aromatic carbocycles. The molecule has 1 fully saturated rings. The first-order valence-corrected chi connectivity index (χ1v) is 17.1. The van der Waals surface area contributed by atoms with Gasteiger partial charge in [-0.2, -0.15) is 0 Å². The van der Waals surface area contributed by atoms with Crippen LogP contribution in [0.5, 0.6) is 0 Å². The molecule has 0 radical (unpaired) electrons. The van der Waals surface area contributed by atoms with Gasteiger partial charge in [0, 0.05) is 29.0 Å². The van der Waals surface area contributed by atoms with E-state index in [1.54, 1.807) is 11.1 Å². The summed E-state index contributed by atoms with van der Waals surface area (Å²) in [7, 11) is 0. The second kappa shape index (κ2) is 12.2. The fraction of sp³-hybridized carbons (Fsp3) is 0.333. The largest absolute Gasteiger partial charge is 0.382 e. The molecule has 44 heavy (non-hydrogen) atoms. The molecule has 8 rings (SSSR count). The summed E-state index contributed by atoms with van der Waals surface area (Å²) >= 11 is 0. The predicted octanol–water partition coefficient (Wildman–Crippen LogP) is 10.5. The van der Waals surface area contributed by atoms with Crippen LogP contribution in [0.25, 0.3) is 22.3 Å². The molecule has 2 nitrogen and oxygen atoms in total. The van der Waals surface area contributed by atoms with Gasteiger partial charge < -0.3 is 10.2 Å². The summed E-state index contributed by atoms with van der Waals surface area (Å²) in [6.07, 6.45) is 27.3. The summed E-state index contributed by atoms with van der Waals surface area (Å²) < 4.78 is 0. The van der Waals surface area contributed by atoms with Gasteiger partial charge in [0.25, 0.3) is 0 Å². The molecule has 0 spiro atoms. The molecule has 0 amide bonds. The summed E-state index contributed by atoms with van der Waals surface area (Å²) in [4.78, 5) is 2.70. The number of nitrogens with one attached hydrogen (secondary N) is 1. The molecule has 4 aliphatic carbocycles. The second-order valence-corrected chi connectivity index (χ2v) is 13.4. The first-order valence-electron chi connectivity index (χ1n) is 17.1. The first-order chi connectivity index (χ1) is 21.8. The average Bonchev–Trinajstić information content (AvgIpc) is 3.43. The van der Waals surface area contributed by atoms with Crippen molar-refractivity contribution in [3.63, 3.8) is 0 Å². The summed E-state index contributed by atoms with van der Waals surface area (Å²) in [5.41, 5.74) is 12.7. The number of hydrogen-bond donors (Lipinski definition) is 1. The molecule has 1 heterocycles. The Balaban J connectivity index is 1.03. The monoisotopic (exact) mass is 576 g/mol. The van der Waals surface area contributed by atoms with Crippen LogP contribution in [0.4, 0.5) is 5.69 Å². The summed E-state index contributed by atoms with van der Waals surface area (Å²) in [6, 6.07) is 29.9. The number of anilines is 1. The summed E-state index contributed by atoms with van der Waals surface area (Å²) in [5.74, 6) is 1.25. The molecule has 4 atom stereocenters. The minimum Gasteiger partial charge on any atom is -0.382 e. The zero-order valence-corrected chi connectivity index (χ0v) is 25.8. The molecule has 3 aromatic rings. The fourth-order valence-corrected chi connectivity index (χ4v) is 8.39. The quantitative estimate of drug-likeness (QED) is 0.294. The Morgan fingerprint density at radius 1 is 0.659 bits per heavy atom. The molecule has 0 saturated carbocycles. The molecule has 0 aromatic heterocycles. The van der Waals surface area contributed by atoms with Gasteiger partial charge in [-0.3, -0.25) is 0 Å². The van der Waals surface area contributed by atoms with Gasteiger partial charge in [0.2, 0.25) is 0 Å². The maximum Gasteiger partial charge on any atom is 0.0555 e. The second-order valence-electron chi connectivity index (χ2n) is 13.4. The number of allylic oxidation sites excluding steroid dienone is 8. The van der Waals surface area contributed by atoms with E-state index in [-0.39, 0.29) is 0 Å². The van der Waals surface area contributed by atoms with Crippen LogP contribution in [-0.2, 0) is 0 Å². The van der Waals surface area contributed by atoms with Crippen LogP contribution in [0.15, 0.2) is 138 Å². The molecule has 1 saturated heterocycles. The van der Waals surface area contributed by atoms with Gasteiger partial charge >= 0.3 is 0 Å². The minimum atomic E-state index is 0.405. The number of hydrogen-bond acceptors (Lipinski definition) is 2. The van der Waals surface area contributed by atoms with Crippen molar-refractivity contribution in [1.29, 1.82) is 0 Å². The topological polar surface area (TPSA) is 15.3 Å². The Kier molecular flexibility index (Phi) is 7.60. The third kappa shape index (κ3) is 5.40. The zero-order valence-electron chi connectivity index (χ0n) is 25.8. The SMILES string of the molecule is C1=CC(C2=CC=C(NC3C=C4C(CC3)C3=CCCCC3N4c3ccc(-c4ccc(-c5ccccc5)cc4)cc3)CC2)CCC1. The highest BCUT2D eigenvalue weighted by Crippen LogP contribution is 2.49. The molecule has 5 aliphatic rings. The van der Waals surface area contributed by atoms with Crippen molar-refractivity contribution in [2.45, 2.75) is 76.3 Å². The van der Waals surface area contributed by atoms with Crippen LogP contribution >= 0.6 is 0 Å². The Morgan fingerprint density at radius 2 is 1.39 bits per heavy atom. The first kappa shape index (κ1) is 27.5. The van der Waals surface area contributed by atoms with E-state index < -0.39 is 0 Å². The van der Waals surface area contributed by atoms with Crippen molar-refractivity contribution in [2.75, 3.05) is 4.90 Å². The van der Waals surface area contributed by atoms with Gasteiger partial charge in [0.05, 0.1) is 6.04 Å². The molecule has 1 aliphatic heterocycles. The normalized spacial score (nSPS) is 26.1. The zero-order chi connectivity index (χ0) is 29.3. The van der Waals surface area contributed by atoms with E-state index in [4.69, 9.17) is 0 Å². The molecule has 2 heteroatoms. The van der Waals surface area contributed by atoms with Crippen LogP contribution < -0.4 is 10.2 Å². The lowest BCUT2D eigenvalue weighted by Crippen LogP contribution is -2.34. The van der Waals surface area contributed by atoms with E-state index in [1.165, 1.54) is 97.1 Å². The summed E-state index contributed by atoms with van der Waals surface area (Å²) in [5, 5.41) is 3.97. The van der Waals surface area contributed by atoms with Crippen LogP contribution in [0.3, 0.4) is 0 Å². The Labute approximate surface area is 263 Å². The minimum absolute atomic E-state index is 0.405. The number of benzene rings is 3. The highest BCUT2D eigenvalue weighted by molar-refractivity contribution is 5.73. The van der Waals surface area contributed by atoms with Crippen molar-refractivity contribution in [3.05, 3.63) is 138 Å². The van der Waals surface area contributed by atoms with Crippen molar-refractivity contribution >= 4 is 5.69 Å². The Hall–Kier alpha value is -4.04. The van der Waals surface area contributed by atoms with Gasteiger partial charge in [-0.15, -0.1) is 0 Å². The van der Waals surface area contributed by atoms with E-state index in [2.05, 4.69) is 126 Å². The maximum absolute atomic E-state index is 3.97. The molecule has 222 valence electrons. The van der Waals surface area contributed by atoms with Gasteiger partial charge in [0.15, 0.2) is 0 Å². The van der Waals surface area contributed by atoms with E-state index in [0.717, 1.165) is 6.42 Å². The lowest BCUT2D eigenvalue weighted by atomic mass is 9.82.